The predicted octanol–water partition coefficient (Wildman–Crippen LogP) is 2.06. The number of methoxy groups -OCH3 is 1. The van der Waals surface area contributed by atoms with E-state index < -0.39 is 5.72 Å². The third-order valence-electron chi connectivity index (χ3n) is 3.02. The molecule has 1 fully saturated rings. The molecule has 0 aromatic heterocycles. The van der Waals surface area contributed by atoms with Gasteiger partial charge in [0.1, 0.15) is 0 Å². The molecule has 1 unspecified atom stereocenters. The van der Waals surface area contributed by atoms with Crippen LogP contribution >= 0.6 is 0 Å². The number of nitriles is 1. The second kappa shape index (κ2) is 3.92. The molecule has 1 aromatic rings. The van der Waals surface area contributed by atoms with Crippen molar-refractivity contribution >= 4 is 0 Å². The average Bonchev–Trinajstić information content (AvgIpc) is 2.74. The van der Waals surface area contributed by atoms with Crippen molar-refractivity contribution in [2.24, 2.45) is 0 Å². The van der Waals surface area contributed by atoms with E-state index in [1.807, 2.05) is 30.3 Å². The Labute approximate surface area is 89.9 Å². The fraction of sp³-hybridized carbons (Fsp3) is 0.417. The molecule has 0 radical (unpaired) electrons. The molecule has 0 spiro atoms. The summed E-state index contributed by atoms with van der Waals surface area (Å²) < 4.78 is 5.59. The van der Waals surface area contributed by atoms with E-state index in [1.165, 1.54) is 0 Å². The SMILES string of the molecule is COC1(c2ccccc2)CCCN1C#N. The molecule has 1 saturated heterocycles. The van der Waals surface area contributed by atoms with Crippen molar-refractivity contribution in [2.45, 2.75) is 18.6 Å². The van der Waals surface area contributed by atoms with Crippen LogP contribution in [0.1, 0.15) is 18.4 Å². The molecule has 1 atom stereocenters. The molecule has 1 heterocycles. The van der Waals surface area contributed by atoms with Gasteiger partial charge in [-0.2, -0.15) is 5.26 Å². The van der Waals surface area contributed by atoms with Gasteiger partial charge >= 0.3 is 0 Å². The summed E-state index contributed by atoms with van der Waals surface area (Å²) >= 11 is 0. The molecule has 1 aliphatic rings. The van der Waals surface area contributed by atoms with Gasteiger partial charge in [0.05, 0.1) is 0 Å². The maximum atomic E-state index is 9.09. The van der Waals surface area contributed by atoms with E-state index in [-0.39, 0.29) is 0 Å². The summed E-state index contributed by atoms with van der Waals surface area (Å²) in [5, 5.41) is 9.09. The average molecular weight is 202 g/mol. The first-order valence-electron chi connectivity index (χ1n) is 5.11. The third-order valence-corrected chi connectivity index (χ3v) is 3.02. The minimum Gasteiger partial charge on any atom is -0.354 e. The van der Waals surface area contributed by atoms with Gasteiger partial charge in [-0.05, 0) is 6.42 Å². The maximum absolute atomic E-state index is 9.09. The molecule has 0 aliphatic carbocycles. The molecule has 0 bridgehead atoms. The van der Waals surface area contributed by atoms with Crippen molar-refractivity contribution in [3.05, 3.63) is 35.9 Å². The lowest BCUT2D eigenvalue weighted by Crippen LogP contribution is -2.39. The van der Waals surface area contributed by atoms with Crippen LogP contribution in [-0.4, -0.2) is 18.6 Å². The standard InChI is InChI=1S/C12H14N2O/c1-15-12(8-5-9-14(12)10-13)11-6-3-2-4-7-11/h2-4,6-7H,5,8-9H2,1H3. The molecule has 0 saturated carbocycles. The van der Waals surface area contributed by atoms with Crippen molar-refractivity contribution in [1.82, 2.24) is 4.90 Å². The van der Waals surface area contributed by atoms with Gasteiger partial charge in [-0.25, -0.2) is 0 Å². The van der Waals surface area contributed by atoms with Gasteiger partial charge in [0.2, 0.25) is 0 Å². The molecule has 0 amide bonds. The maximum Gasteiger partial charge on any atom is 0.182 e. The number of nitrogens with zero attached hydrogens (tertiary/aromatic N) is 2. The predicted molar refractivity (Wildman–Crippen MR) is 56.7 cm³/mol. The molecular formula is C12H14N2O. The molecule has 0 N–H and O–H groups in total. The van der Waals surface area contributed by atoms with Gasteiger partial charge in [0.25, 0.3) is 0 Å². The van der Waals surface area contributed by atoms with Gasteiger partial charge in [-0.1, -0.05) is 30.3 Å². The highest BCUT2D eigenvalue weighted by atomic mass is 16.5. The second-order valence-electron chi connectivity index (χ2n) is 3.71. The lowest BCUT2D eigenvalue weighted by Gasteiger charge is -2.33. The Morgan fingerprint density at radius 1 is 1.40 bits per heavy atom. The quantitative estimate of drug-likeness (QED) is 0.689. The highest BCUT2D eigenvalue weighted by Crippen LogP contribution is 2.38. The summed E-state index contributed by atoms with van der Waals surface area (Å²) in [6.07, 6.45) is 4.08. The zero-order valence-electron chi connectivity index (χ0n) is 8.81. The zero-order chi connectivity index (χ0) is 10.7. The van der Waals surface area contributed by atoms with E-state index >= 15 is 0 Å². The van der Waals surface area contributed by atoms with Gasteiger partial charge in [-0.3, -0.25) is 4.90 Å². The molecule has 1 aromatic carbocycles. The van der Waals surface area contributed by atoms with Gasteiger partial charge in [-0.15, -0.1) is 0 Å². The number of hydrogen-bond acceptors (Lipinski definition) is 3. The molecule has 78 valence electrons. The van der Waals surface area contributed by atoms with Gasteiger partial charge in [0.15, 0.2) is 11.9 Å². The number of ether oxygens (including phenoxy) is 1. The summed E-state index contributed by atoms with van der Waals surface area (Å²) in [5.74, 6) is 0. The van der Waals surface area contributed by atoms with Crippen molar-refractivity contribution < 1.29 is 4.74 Å². The first kappa shape index (κ1) is 10.0. The van der Waals surface area contributed by atoms with E-state index in [9.17, 15) is 0 Å². The lowest BCUT2D eigenvalue weighted by molar-refractivity contribution is -0.0937. The Kier molecular flexibility index (Phi) is 2.61. The number of benzene rings is 1. The third kappa shape index (κ3) is 1.47. The largest absolute Gasteiger partial charge is 0.354 e. The Morgan fingerprint density at radius 2 is 2.13 bits per heavy atom. The van der Waals surface area contributed by atoms with Crippen LogP contribution in [0.25, 0.3) is 0 Å². The number of rotatable bonds is 2. The van der Waals surface area contributed by atoms with Crippen LogP contribution in [-0.2, 0) is 10.5 Å². The summed E-state index contributed by atoms with van der Waals surface area (Å²) in [4.78, 5) is 1.72. The van der Waals surface area contributed by atoms with Crippen LogP contribution < -0.4 is 0 Å². The van der Waals surface area contributed by atoms with E-state index in [0.717, 1.165) is 24.9 Å². The van der Waals surface area contributed by atoms with E-state index in [2.05, 4.69) is 6.19 Å². The normalized spacial score (nSPS) is 25.2. The number of likely N-dealkylation sites (tertiary alicyclic amines) is 1. The molecule has 15 heavy (non-hydrogen) atoms. The summed E-state index contributed by atoms with van der Waals surface area (Å²) in [6, 6.07) is 9.95. The van der Waals surface area contributed by atoms with E-state index in [4.69, 9.17) is 10.00 Å². The summed E-state index contributed by atoms with van der Waals surface area (Å²) in [7, 11) is 1.67. The second-order valence-corrected chi connectivity index (χ2v) is 3.71. The Morgan fingerprint density at radius 3 is 2.73 bits per heavy atom. The highest BCUT2D eigenvalue weighted by Gasteiger charge is 2.42. The Balaban J connectivity index is 2.42. The van der Waals surface area contributed by atoms with Crippen LogP contribution in [0, 0.1) is 11.5 Å². The van der Waals surface area contributed by atoms with Crippen LogP contribution in [0.15, 0.2) is 30.3 Å². The zero-order valence-corrected chi connectivity index (χ0v) is 8.81. The minimum absolute atomic E-state index is 0.532. The van der Waals surface area contributed by atoms with Crippen molar-refractivity contribution in [3.63, 3.8) is 0 Å². The van der Waals surface area contributed by atoms with Crippen LogP contribution in [0.2, 0.25) is 0 Å². The summed E-state index contributed by atoms with van der Waals surface area (Å²) in [5.41, 5.74) is 0.530. The number of hydrogen-bond donors (Lipinski definition) is 0. The van der Waals surface area contributed by atoms with Crippen molar-refractivity contribution in [2.75, 3.05) is 13.7 Å². The highest BCUT2D eigenvalue weighted by molar-refractivity contribution is 5.24. The van der Waals surface area contributed by atoms with E-state index in [0.29, 0.717) is 0 Å². The van der Waals surface area contributed by atoms with Crippen LogP contribution in [0.3, 0.4) is 0 Å². The minimum atomic E-state index is -0.532. The first-order valence-corrected chi connectivity index (χ1v) is 5.11. The molecule has 3 nitrogen and oxygen atoms in total. The molecule has 1 aliphatic heterocycles. The van der Waals surface area contributed by atoms with Crippen LogP contribution in [0.5, 0.6) is 0 Å². The molecule has 2 rings (SSSR count). The van der Waals surface area contributed by atoms with Gasteiger partial charge < -0.3 is 4.74 Å². The fourth-order valence-corrected chi connectivity index (χ4v) is 2.25. The van der Waals surface area contributed by atoms with Crippen LogP contribution in [0.4, 0.5) is 0 Å². The first-order chi connectivity index (χ1) is 7.33. The smallest absolute Gasteiger partial charge is 0.182 e. The fourth-order valence-electron chi connectivity index (χ4n) is 2.25. The summed E-state index contributed by atoms with van der Waals surface area (Å²) in [6.45, 7) is 0.777. The molecular weight excluding hydrogens is 188 g/mol. The molecule has 3 heteroatoms. The topological polar surface area (TPSA) is 36.3 Å². The van der Waals surface area contributed by atoms with Crippen molar-refractivity contribution in [3.8, 4) is 6.19 Å². The lowest BCUT2D eigenvalue weighted by atomic mass is 10.0. The Bertz CT molecular complexity index is 371. The van der Waals surface area contributed by atoms with Gasteiger partial charge in [0, 0.05) is 25.6 Å². The van der Waals surface area contributed by atoms with E-state index in [1.54, 1.807) is 12.0 Å². The Hall–Kier alpha value is -1.53. The monoisotopic (exact) mass is 202 g/mol. The van der Waals surface area contributed by atoms with Crippen molar-refractivity contribution in [1.29, 1.82) is 5.26 Å².